The van der Waals surface area contributed by atoms with Crippen molar-refractivity contribution in [2.45, 2.75) is 0 Å². The summed E-state index contributed by atoms with van der Waals surface area (Å²) in [5.74, 6) is -0.130. The molecule has 0 atom stereocenters. The topological polar surface area (TPSA) is 34.1 Å². The van der Waals surface area contributed by atoms with Crippen molar-refractivity contribution in [2.75, 3.05) is 0 Å². The zero-order chi connectivity index (χ0) is 17.0. The van der Waals surface area contributed by atoms with Gasteiger partial charge in [0.25, 0.3) is 0 Å². The van der Waals surface area contributed by atoms with Gasteiger partial charge in [0.1, 0.15) is 0 Å². The molecule has 0 fully saturated rings. The third-order valence-corrected chi connectivity index (χ3v) is 5.65. The summed E-state index contributed by atoms with van der Waals surface area (Å²) in [5, 5.41) is 3.01. The predicted molar refractivity (Wildman–Crippen MR) is 101 cm³/mol. The van der Waals surface area contributed by atoms with Crippen molar-refractivity contribution in [3.8, 4) is 11.1 Å². The number of rotatable bonds is 1. The van der Waals surface area contributed by atoms with Gasteiger partial charge in [0.15, 0.2) is 11.6 Å². The van der Waals surface area contributed by atoms with Crippen molar-refractivity contribution in [3.05, 3.63) is 94.4 Å². The molecule has 2 nitrogen and oxygen atoms in total. The Labute approximate surface area is 148 Å². The maximum atomic E-state index is 13.1. The lowest BCUT2D eigenvalue weighted by Gasteiger charge is -2.19. The number of hydrogen-bond acceptors (Lipinski definition) is 3. The van der Waals surface area contributed by atoms with Crippen LogP contribution in [0.3, 0.4) is 0 Å². The maximum Gasteiger partial charge on any atom is 0.195 e. The highest BCUT2D eigenvalue weighted by molar-refractivity contribution is 7.17. The molecule has 0 bridgehead atoms. The Kier molecular flexibility index (Phi) is 2.99. The van der Waals surface area contributed by atoms with Crippen molar-refractivity contribution in [1.82, 2.24) is 0 Å². The summed E-state index contributed by atoms with van der Waals surface area (Å²) in [7, 11) is 0. The number of hydrogen-bond donors (Lipinski definition) is 0. The highest BCUT2D eigenvalue weighted by Crippen LogP contribution is 2.40. The first-order valence-electron chi connectivity index (χ1n) is 8.04. The van der Waals surface area contributed by atoms with Crippen LogP contribution in [0.15, 0.2) is 72.1 Å². The minimum absolute atomic E-state index is 0.0581. The molecule has 0 saturated carbocycles. The molecule has 1 aliphatic carbocycles. The maximum absolute atomic E-state index is 13.1. The van der Waals surface area contributed by atoms with E-state index >= 15 is 0 Å². The fourth-order valence-corrected chi connectivity index (χ4v) is 4.52. The fourth-order valence-electron chi connectivity index (χ4n) is 3.55. The SMILES string of the molecule is O=C1c2ccccc2C(=O)c2c1cc(-c1ccccc1)c1ccsc21. The van der Waals surface area contributed by atoms with Gasteiger partial charge in [-0.3, -0.25) is 9.59 Å². The Morgan fingerprint density at radius 1 is 0.640 bits per heavy atom. The van der Waals surface area contributed by atoms with E-state index in [1.807, 2.05) is 47.8 Å². The quantitative estimate of drug-likeness (QED) is 0.412. The van der Waals surface area contributed by atoms with E-state index in [-0.39, 0.29) is 11.6 Å². The standard InChI is InChI=1S/C22H12O2S/c23-20-14-8-4-5-9-15(14)21(24)19-18(20)12-17(13-6-2-1-3-7-13)16-10-11-25-22(16)19/h1-12H. The molecule has 0 saturated heterocycles. The van der Waals surface area contributed by atoms with Crippen LogP contribution < -0.4 is 0 Å². The van der Waals surface area contributed by atoms with Crippen molar-refractivity contribution < 1.29 is 9.59 Å². The minimum atomic E-state index is -0.0716. The van der Waals surface area contributed by atoms with E-state index < -0.39 is 0 Å². The molecule has 118 valence electrons. The molecule has 0 amide bonds. The van der Waals surface area contributed by atoms with Crippen molar-refractivity contribution in [3.63, 3.8) is 0 Å². The highest BCUT2D eigenvalue weighted by Gasteiger charge is 2.32. The molecular weight excluding hydrogens is 328 g/mol. The van der Waals surface area contributed by atoms with Gasteiger partial charge < -0.3 is 0 Å². The van der Waals surface area contributed by atoms with Crippen LogP contribution in [-0.4, -0.2) is 11.6 Å². The zero-order valence-corrected chi connectivity index (χ0v) is 14.0. The highest BCUT2D eigenvalue weighted by atomic mass is 32.1. The summed E-state index contributed by atoms with van der Waals surface area (Å²) in [6.45, 7) is 0. The first-order valence-corrected chi connectivity index (χ1v) is 8.92. The number of carbonyl (C=O) groups excluding carboxylic acids is 2. The van der Waals surface area contributed by atoms with Gasteiger partial charge in [0, 0.05) is 26.8 Å². The van der Waals surface area contributed by atoms with E-state index in [1.165, 1.54) is 11.3 Å². The summed E-state index contributed by atoms with van der Waals surface area (Å²) < 4.78 is 0.893. The van der Waals surface area contributed by atoms with Crippen LogP contribution in [0.25, 0.3) is 21.2 Å². The number of benzene rings is 3. The average Bonchev–Trinajstić information content (AvgIpc) is 3.15. The van der Waals surface area contributed by atoms with E-state index in [0.29, 0.717) is 22.3 Å². The van der Waals surface area contributed by atoms with Crippen LogP contribution in [0.4, 0.5) is 0 Å². The lowest BCUT2D eigenvalue weighted by molar-refractivity contribution is 0.0980. The molecule has 1 aliphatic rings. The van der Waals surface area contributed by atoms with Gasteiger partial charge in [0.05, 0.1) is 5.56 Å². The number of fused-ring (bicyclic) bond motifs is 4. The Morgan fingerprint density at radius 3 is 2.08 bits per heavy atom. The summed E-state index contributed by atoms with van der Waals surface area (Å²) in [4.78, 5) is 26.1. The second-order valence-corrected chi connectivity index (χ2v) is 7.00. The van der Waals surface area contributed by atoms with Gasteiger partial charge in [-0.2, -0.15) is 0 Å². The lowest BCUT2D eigenvalue weighted by atomic mass is 9.82. The van der Waals surface area contributed by atoms with Crippen LogP contribution >= 0.6 is 11.3 Å². The van der Waals surface area contributed by atoms with E-state index in [2.05, 4.69) is 0 Å². The van der Waals surface area contributed by atoms with Crippen molar-refractivity contribution in [1.29, 1.82) is 0 Å². The molecule has 5 rings (SSSR count). The second kappa shape index (κ2) is 5.23. The molecular formula is C22H12O2S. The molecule has 3 aromatic carbocycles. The lowest BCUT2D eigenvalue weighted by Crippen LogP contribution is -2.21. The van der Waals surface area contributed by atoms with Gasteiger partial charge >= 0.3 is 0 Å². The van der Waals surface area contributed by atoms with Gasteiger partial charge in [-0.05, 0) is 28.6 Å². The third kappa shape index (κ3) is 1.96. The molecule has 0 radical (unpaired) electrons. The van der Waals surface area contributed by atoms with Gasteiger partial charge in [-0.25, -0.2) is 0 Å². The van der Waals surface area contributed by atoms with E-state index in [0.717, 1.165) is 21.2 Å². The van der Waals surface area contributed by atoms with Gasteiger partial charge in [-0.15, -0.1) is 11.3 Å². The Hall–Kier alpha value is -3.04. The van der Waals surface area contributed by atoms with E-state index in [1.54, 1.807) is 24.3 Å². The van der Waals surface area contributed by atoms with Crippen LogP contribution in [0.5, 0.6) is 0 Å². The van der Waals surface area contributed by atoms with Crippen LogP contribution in [-0.2, 0) is 0 Å². The van der Waals surface area contributed by atoms with Crippen LogP contribution in [0, 0.1) is 0 Å². The summed E-state index contributed by atoms with van der Waals surface area (Å²) in [6.07, 6.45) is 0. The zero-order valence-electron chi connectivity index (χ0n) is 13.2. The summed E-state index contributed by atoms with van der Waals surface area (Å²) in [5.41, 5.74) is 4.10. The Bertz CT molecular complexity index is 1170. The van der Waals surface area contributed by atoms with Gasteiger partial charge in [0.2, 0.25) is 0 Å². The summed E-state index contributed by atoms with van der Waals surface area (Å²) >= 11 is 1.52. The second-order valence-electron chi connectivity index (χ2n) is 6.08. The van der Waals surface area contributed by atoms with Crippen LogP contribution in [0.2, 0.25) is 0 Å². The molecule has 1 aromatic heterocycles. The van der Waals surface area contributed by atoms with Gasteiger partial charge in [-0.1, -0.05) is 54.6 Å². The Morgan fingerprint density at radius 2 is 1.32 bits per heavy atom. The van der Waals surface area contributed by atoms with Crippen molar-refractivity contribution in [2.24, 2.45) is 0 Å². The monoisotopic (exact) mass is 340 g/mol. The molecule has 0 spiro atoms. The molecule has 0 unspecified atom stereocenters. The summed E-state index contributed by atoms with van der Waals surface area (Å²) in [6, 6.07) is 21.0. The predicted octanol–water partition coefficient (Wildman–Crippen LogP) is 5.34. The van der Waals surface area contributed by atoms with Crippen molar-refractivity contribution >= 4 is 33.0 Å². The number of carbonyl (C=O) groups is 2. The minimum Gasteiger partial charge on any atom is -0.289 e. The molecule has 1 heterocycles. The third-order valence-electron chi connectivity index (χ3n) is 4.71. The largest absolute Gasteiger partial charge is 0.289 e. The molecule has 0 N–H and O–H groups in total. The smallest absolute Gasteiger partial charge is 0.195 e. The van der Waals surface area contributed by atoms with Crippen LogP contribution in [0.1, 0.15) is 31.8 Å². The number of thiophene rings is 1. The average molecular weight is 340 g/mol. The van der Waals surface area contributed by atoms with E-state index in [4.69, 9.17) is 0 Å². The number of ketones is 2. The Balaban J connectivity index is 1.88. The van der Waals surface area contributed by atoms with E-state index in [9.17, 15) is 9.59 Å². The molecule has 4 aromatic rings. The first kappa shape index (κ1) is 14.3. The molecule has 25 heavy (non-hydrogen) atoms. The fraction of sp³-hybridized carbons (Fsp3) is 0. The molecule has 0 aliphatic heterocycles. The first-order chi connectivity index (χ1) is 12.3. The molecule has 3 heteroatoms. The normalized spacial score (nSPS) is 13.0.